The second-order valence-electron chi connectivity index (χ2n) is 7.39. The van der Waals surface area contributed by atoms with Gasteiger partial charge in [0.05, 0.1) is 18.7 Å². The van der Waals surface area contributed by atoms with Gasteiger partial charge in [0.15, 0.2) is 0 Å². The number of amides is 1. The molecule has 32 heavy (non-hydrogen) atoms. The standard InChI is InChI=1S/C23H23ClF2N4O2/c1-14-7-10-30(29-9-6-16-11-17(24)3-4-19(16)25)23(32)18(14)12-21(31)28-13-20-22(26)15(2)5-8-27-20/h3-5,7-8,10-11,29H,6,9,12-13H2,1-2H3,(H,28,31). The summed E-state index contributed by atoms with van der Waals surface area (Å²) in [4.78, 5) is 29.1. The number of carbonyl (C=O) groups excluding carboxylic acids is 1. The molecule has 2 N–H and O–H groups in total. The van der Waals surface area contributed by atoms with Gasteiger partial charge in [-0.15, -0.1) is 0 Å². The number of halogens is 3. The number of pyridine rings is 2. The first-order valence-corrected chi connectivity index (χ1v) is 10.4. The van der Waals surface area contributed by atoms with Gasteiger partial charge in [0.1, 0.15) is 11.6 Å². The molecule has 168 valence electrons. The number of nitrogens with zero attached hydrogens (tertiary/aromatic N) is 2. The summed E-state index contributed by atoms with van der Waals surface area (Å²) in [6, 6.07) is 7.56. The average Bonchev–Trinajstić information content (AvgIpc) is 2.76. The number of nitrogens with one attached hydrogen (secondary N) is 2. The van der Waals surface area contributed by atoms with Gasteiger partial charge in [-0.25, -0.2) is 13.5 Å². The second kappa shape index (κ2) is 10.4. The van der Waals surface area contributed by atoms with Crippen molar-refractivity contribution in [3.05, 3.63) is 97.7 Å². The fourth-order valence-electron chi connectivity index (χ4n) is 3.18. The fraction of sp³-hybridized carbons (Fsp3) is 0.261. The van der Waals surface area contributed by atoms with Gasteiger partial charge in [0.2, 0.25) is 5.91 Å². The first kappa shape index (κ1) is 23.4. The minimum atomic E-state index is -0.466. The monoisotopic (exact) mass is 460 g/mol. The Kier molecular flexibility index (Phi) is 7.58. The Balaban J connectivity index is 1.64. The minimum absolute atomic E-state index is 0.0735. The van der Waals surface area contributed by atoms with Crippen molar-refractivity contribution in [1.82, 2.24) is 15.0 Å². The summed E-state index contributed by atoms with van der Waals surface area (Å²) in [7, 11) is 0. The molecule has 6 nitrogen and oxygen atoms in total. The molecule has 0 aliphatic heterocycles. The van der Waals surface area contributed by atoms with Crippen LogP contribution in [0.2, 0.25) is 5.02 Å². The minimum Gasteiger partial charge on any atom is -0.350 e. The van der Waals surface area contributed by atoms with Crippen LogP contribution in [0, 0.1) is 25.5 Å². The van der Waals surface area contributed by atoms with Gasteiger partial charge in [-0.1, -0.05) is 11.6 Å². The second-order valence-corrected chi connectivity index (χ2v) is 7.82. The summed E-state index contributed by atoms with van der Waals surface area (Å²) in [5.74, 6) is -1.26. The van der Waals surface area contributed by atoms with Crippen LogP contribution in [-0.2, 0) is 24.2 Å². The highest BCUT2D eigenvalue weighted by Crippen LogP contribution is 2.15. The summed E-state index contributed by atoms with van der Waals surface area (Å²) in [5.41, 5.74) is 4.51. The predicted molar refractivity (Wildman–Crippen MR) is 119 cm³/mol. The predicted octanol–water partition coefficient (Wildman–Crippen LogP) is 3.44. The number of rotatable bonds is 8. The Hall–Kier alpha value is -3.26. The lowest BCUT2D eigenvalue weighted by Crippen LogP contribution is -2.35. The van der Waals surface area contributed by atoms with Gasteiger partial charge in [-0.05, 0) is 67.3 Å². The molecule has 3 aromatic rings. The molecule has 0 bridgehead atoms. The largest absolute Gasteiger partial charge is 0.350 e. The SMILES string of the molecule is Cc1ccnc(CNC(=O)Cc2c(C)ccn(NCCc3cc(Cl)ccc3F)c2=O)c1F. The molecule has 1 amide bonds. The number of aromatic nitrogens is 2. The number of hydrogen-bond acceptors (Lipinski definition) is 4. The highest BCUT2D eigenvalue weighted by molar-refractivity contribution is 6.30. The fourth-order valence-corrected chi connectivity index (χ4v) is 3.37. The number of carbonyl (C=O) groups is 1. The maximum absolute atomic E-state index is 14.0. The van der Waals surface area contributed by atoms with Gasteiger partial charge < -0.3 is 10.7 Å². The normalized spacial score (nSPS) is 10.8. The number of aryl methyl sites for hydroxylation is 2. The van der Waals surface area contributed by atoms with E-state index in [1.54, 1.807) is 32.2 Å². The third-order valence-corrected chi connectivity index (χ3v) is 5.29. The molecule has 0 radical (unpaired) electrons. The molecular formula is C23H23ClF2N4O2. The summed E-state index contributed by atoms with van der Waals surface area (Å²) in [6.07, 6.45) is 3.18. The van der Waals surface area contributed by atoms with E-state index in [-0.39, 0.29) is 36.6 Å². The summed E-state index contributed by atoms with van der Waals surface area (Å²) < 4.78 is 29.2. The van der Waals surface area contributed by atoms with Crippen LogP contribution < -0.4 is 16.3 Å². The van der Waals surface area contributed by atoms with Crippen molar-refractivity contribution < 1.29 is 13.6 Å². The molecule has 2 aromatic heterocycles. The summed E-state index contributed by atoms with van der Waals surface area (Å²) in [6.45, 7) is 3.56. The van der Waals surface area contributed by atoms with Crippen molar-refractivity contribution >= 4 is 17.5 Å². The Morgan fingerprint density at radius 3 is 2.72 bits per heavy atom. The van der Waals surface area contributed by atoms with E-state index in [2.05, 4.69) is 15.7 Å². The van der Waals surface area contributed by atoms with E-state index in [1.807, 2.05) is 0 Å². The zero-order chi connectivity index (χ0) is 23.3. The quantitative estimate of drug-likeness (QED) is 0.540. The number of benzene rings is 1. The van der Waals surface area contributed by atoms with Crippen molar-refractivity contribution in [2.24, 2.45) is 0 Å². The Morgan fingerprint density at radius 1 is 1.16 bits per heavy atom. The van der Waals surface area contributed by atoms with E-state index < -0.39 is 11.7 Å². The maximum Gasteiger partial charge on any atom is 0.272 e. The van der Waals surface area contributed by atoms with Gasteiger partial charge in [-0.2, -0.15) is 0 Å². The lowest BCUT2D eigenvalue weighted by Gasteiger charge is -2.13. The summed E-state index contributed by atoms with van der Waals surface area (Å²) >= 11 is 5.90. The van der Waals surface area contributed by atoms with Gasteiger partial charge in [0.25, 0.3) is 5.56 Å². The molecule has 2 heterocycles. The Labute approximate surface area is 189 Å². The molecule has 0 aliphatic carbocycles. The van der Waals surface area contributed by atoms with Crippen LogP contribution in [0.5, 0.6) is 0 Å². The van der Waals surface area contributed by atoms with Gasteiger partial charge in [0, 0.05) is 29.5 Å². The van der Waals surface area contributed by atoms with E-state index in [1.165, 1.54) is 29.1 Å². The molecule has 1 aromatic carbocycles. The van der Waals surface area contributed by atoms with Crippen LogP contribution in [-0.4, -0.2) is 22.1 Å². The average molecular weight is 461 g/mol. The zero-order valence-corrected chi connectivity index (χ0v) is 18.5. The van der Waals surface area contributed by atoms with Crippen molar-refractivity contribution in [1.29, 1.82) is 0 Å². The third-order valence-electron chi connectivity index (χ3n) is 5.06. The first-order chi connectivity index (χ1) is 15.3. The molecule has 0 unspecified atom stereocenters. The highest BCUT2D eigenvalue weighted by atomic mass is 35.5. The van der Waals surface area contributed by atoms with Crippen LogP contribution in [0.15, 0.2) is 47.5 Å². The molecule has 9 heteroatoms. The molecule has 0 saturated carbocycles. The maximum atomic E-state index is 14.0. The van der Waals surface area contributed by atoms with Crippen molar-refractivity contribution in [2.45, 2.75) is 33.2 Å². The summed E-state index contributed by atoms with van der Waals surface area (Å²) in [5, 5.41) is 3.03. The number of hydrogen-bond donors (Lipinski definition) is 2. The third kappa shape index (κ3) is 5.70. The molecule has 0 aliphatic rings. The molecule has 0 fully saturated rings. The molecule has 0 atom stereocenters. The van der Waals surface area contributed by atoms with E-state index in [0.29, 0.717) is 33.7 Å². The van der Waals surface area contributed by atoms with Crippen LogP contribution in [0.25, 0.3) is 0 Å². The Bertz CT molecular complexity index is 1200. The van der Waals surface area contributed by atoms with E-state index >= 15 is 0 Å². The first-order valence-electron chi connectivity index (χ1n) is 10.0. The topological polar surface area (TPSA) is 76.0 Å². The van der Waals surface area contributed by atoms with E-state index in [4.69, 9.17) is 11.6 Å². The van der Waals surface area contributed by atoms with Crippen LogP contribution >= 0.6 is 11.6 Å². The Morgan fingerprint density at radius 2 is 1.94 bits per heavy atom. The smallest absolute Gasteiger partial charge is 0.272 e. The van der Waals surface area contributed by atoms with E-state index in [0.717, 1.165) is 0 Å². The lowest BCUT2D eigenvalue weighted by atomic mass is 10.1. The van der Waals surface area contributed by atoms with Crippen molar-refractivity contribution in [3.8, 4) is 0 Å². The molecule has 3 rings (SSSR count). The molecular weight excluding hydrogens is 438 g/mol. The van der Waals surface area contributed by atoms with Gasteiger partial charge in [-0.3, -0.25) is 14.6 Å². The lowest BCUT2D eigenvalue weighted by molar-refractivity contribution is -0.120. The zero-order valence-electron chi connectivity index (χ0n) is 17.7. The van der Waals surface area contributed by atoms with Gasteiger partial charge >= 0.3 is 0 Å². The highest BCUT2D eigenvalue weighted by Gasteiger charge is 2.14. The van der Waals surface area contributed by atoms with Crippen molar-refractivity contribution in [3.63, 3.8) is 0 Å². The molecule has 0 saturated heterocycles. The van der Waals surface area contributed by atoms with Crippen LogP contribution in [0.3, 0.4) is 0 Å². The van der Waals surface area contributed by atoms with E-state index in [9.17, 15) is 18.4 Å². The molecule has 0 spiro atoms. The van der Waals surface area contributed by atoms with Crippen LogP contribution in [0.4, 0.5) is 8.78 Å². The van der Waals surface area contributed by atoms with Crippen molar-refractivity contribution in [2.75, 3.05) is 12.0 Å². The van der Waals surface area contributed by atoms with Crippen LogP contribution in [0.1, 0.15) is 27.9 Å².